The maximum Gasteiger partial charge on any atom is 0.258 e. The molecule has 32 heavy (non-hydrogen) atoms. The second-order valence-corrected chi connectivity index (χ2v) is 6.75. The number of nitrogens with one attached hydrogen (secondary N) is 1. The first-order valence-electron chi connectivity index (χ1n) is 9.82. The van der Waals surface area contributed by atoms with Gasteiger partial charge in [-0.3, -0.25) is 9.59 Å². The molecule has 170 valence electrons. The van der Waals surface area contributed by atoms with Gasteiger partial charge in [0.05, 0.1) is 46.5 Å². The number of hydrogen-bond acceptors (Lipinski definition) is 7. The summed E-state index contributed by atoms with van der Waals surface area (Å²) < 4.78 is 28.2. The Morgan fingerprint density at radius 2 is 1.34 bits per heavy atom. The van der Waals surface area contributed by atoms with Crippen molar-refractivity contribution in [1.29, 1.82) is 0 Å². The van der Waals surface area contributed by atoms with Gasteiger partial charge in [-0.2, -0.15) is 0 Å². The van der Waals surface area contributed by atoms with Gasteiger partial charge in [0.15, 0.2) is 23.0 Å². The molecular formula is C23H26N2O7. The Hall–Kier alpha value is -3.88. The summed E-state index contributed by atoms with van der Waals surface area (Å²) in [6.45, 7) is 2.22. The zero-order chi connectivity index (χ0) is 23.4. The van der Waals surface area contributed by atoms with Crippen molar-refractivity contribution < 1.29 is 28.5 Å². The van der Waals surface area contributed by atoms with E-state index in [1.165, 1.54) is 46.3 Å². The first kappa shape index (κ1) is 22.8. The molecule has 0 saturated heterocycles. The standard InChI is InChI=1S/C23H26N2O7/c1-7-25-12-16(14-10-17(28-2)18(29-3)11-15(14)23(25)27)22(26)24-13-8-19(30-4)21(32-6)20(9-13)31-5/h8-12H,7H2,1-6H3,(H,24,26). The van der Waals surface area contributed by atoms with Crippen molar-refractivity contribution in [3.05, 3.63) is 46.4 Å². The van der Waals surface area contributed by atoms with Gasteiger partial charge in [-0.15, -0.1) is 0 Å². The largest absolute Gasteiger partial charge is 0.493 e. The molecule has 1 N–H and O–H groups in total. The number of rotatable bonds is 8. The van der Waals surface area contributed by atoms with E-state index < -0.39 is 5.91 Å². The summed E-state index contributed by atoms with van der Waals surface area (Å²) in [5.74, 6) is 1.61. The zero-order valence-corrected chi connectivity index (χ0v) is 18.9. The molecule has 3 rings (SSSR count). The number of benzene rings is 2. The molecule has 0 aliphatic heterocycles. The molecule has 0 spiro atoms. The molecule has 0 atom stereocenters. The number of aromatic nitrogens is 1. The third-order valence-electron chi connectivity index (χ3n) is 5.10. The van der Waals surface area contributed by atoms with Gasteiger partial charge in [-0.25, -0.2) is 0 Å². The fourth-order valence-corrected chi connectivity index (χ4v) is 3.49. The number of carbonyl (C=O) groups is 1. The lowest BCUT2D eigenvalue weighted by molar-refractivity contribution is 0.102. The molecule has 0 bridgehead atoms. The summed E-state index contributed by atoms with van der Waals surface area (Å²) >= 11 is 0. The van der Waals surface area contributed by atoms with Gasteiger partial charge in [0, 0.05) is 35.9 Å². The normalized spacial score (nSPS) is 10.6. The number of carbonyl (C=O) groups excluding carboxylic acids is 1. The van der Waals surface area contributed by atoms with Crippen LogP contribution < -0.4 is 34.6 Å². The van der Waals surface area contributed by atoms with Gasteiger partial charge in [-0.1, -0.05) is 0 Å². The van der Waals surface area contributed by atoms with Crippen molar-refractivity contribution in [1.82, 2.24) is 4.57 Å². The van der Waals surface area contributed by atoms with Crippen LogP contribution in [0.25, 0.3) is 10.8 Å². The van der Waals surface area contributed by atoms with E-state index in [-0.39, 0.29) is 5.56 Å². The molecule has 0 fully saturated rings. The van der Waals surface area contributed by atoms with E-state index >= 15 is 0 Å². The number of hydrogen-bond donors (Lipinski definition) is 1. The summed E-state index contributed by atoms with van der Waals surface area (Å²) in [5, 5.41) is 3.64. The molecule has 9 heteroatoms. The number of pyridine rings is 1. The third-order valence-corrected chi connectivity index (χ3v) is 5.10. The smallest absolute Gasteiger partial charge is 0.258 e. The molecule has 0 aliphatic rings. The number of aryl methyl sites for hydroxylation is 1. The molecule has 0 saturated carbocycles. The minimum atomic E-state index is -0.418. The van der Waals surface area contributed by atoms with E-state index in [4.69, 9.17) is 23.7 Å². The lowest BCUT2D eigenvalue weighted by Crippen LogP contribution is -2.23. The van der Waals surface area contributed by atoms with E-state index in [0.717, 1.165) is 0 Å². The maximum atomic E-state index is 13.3. The van der Waals surface area contributed by atoms with Crippen LogP contribution in [0.5, 0.6) is 28.7 Å². The van der Waals surface area contributed by atoms with Crippen LogP contribution >= 0.6 is 0 Å². The summed E-state index contributed by atoms with van der Waals surface area (Å²) in [5.41, 5.74) is 0.510. The Kier molecular flexibility index (Phi) is 6.77. The molecule has 0 aliphatic carbocycles. The molecule has 9 nitrogen and oxygen atoms in total. The molecule has 1 aromatic heterocycles. The number of anilines is 1. The van der Waals surface area contributed by atoms with Gasteiger partial charge in [-0.05, 0) is 19.1 Å². The first-order valence-corrected chi connectivity index (χ1v) is 9.82. The van der Waals surface area contributed by atoms with Gasteiger partial charge in [0.2, 0.25) is 5.75 Å². The number of methoxy groups -OCH3 is 5. The van der Waals surface area contributed by atoms with Gasteiger partial charge in [0.25, 0.3) is 11.5 Å². The fourth-order valence-electron chi connectivity index (χ4n) is 3.49. The Morgan fingerprint density at radius 1 is 0.812 bits per heavy atom. The Morgan fingerprint density at radius 3 is 1.81 bits per heavy atom. The average Bonchev–Trinajstić information content (AvgIpc) is 2.82. The Balaban J connectivity index is 2.16. The highest BCUT2D eigenvalue weighted by atomic mass is 16.5. The van der Waals surface area contributed by atoms with Crippen LogP contribution in [-0.2, 0) is 6.54 Å². The van der Waals surface area contributed by atoms with Crippen LogP contribution in [0.1, 0.15) is 17.3 Å². The van der Waals surface area contributed by atoms with Crippen molar-refractivity contribution in [3.63, 3.8) is 0 Å². The molecule has 0 unspecified atom stereocenters. The quantitative estimate of drug-likeness (QED) is 0.572. The SMILES string of the molecule is CCn1cc(C(=O)Nc2cc(OC)c(OC)c(OC)c2)c2cc(OC)c(OC)cc2c1=O. The fraction of sp³-hybridized carbons (Fsp3) is 0.304. The van der Waals surface area contributed by atoms with Crippen LogP contribution in [0.3, 0.4) is 0 Å². The highest BCUT2D eigenvalue weighted by molar-refractivity contribution is 6.13. The van der Waals surface area contributed by atoms with Crippen molar-refractivity contribution in [3.8, 4) is 28.7 Å². The highest BCUT2D eigenvalue weighted by Crippen LogP contribution is 2.40. The number of ether oxygens (including phenoxy) is 5. The van der Waals surface area contributed by atoms with Gasteiger partial charge in [0.1, 0.15) is 0 Å². The predicted octanol–water partition coefficient (Wildman–Crippen LogP) is 3.32. The number of amides is 1. The molecule has 2 aromatic carbocycles. The molecule has 1 amide bonds. The van der Waals surface area contributed by atoms with E-state index in [1.807, 2.05) is 6.92 Å². The topological polar surface area (TPSA) is 97.3 Å². The van der Waals surface area contributed by atoms with E-state index in [0.29, 0.717) is 57.3 Å². The summed E-state index contributed by atoms with van der Waals surface area (Å²) in [6.07, 6.45) is 1.53. The van der Waals surface area contributed by atoms with E-state index in [1.54, 1.807) is 24.3 Å². The van der Waals surface area contributed by atoms with Crippen LogP contribution in [-0.4, -0.2) is 46.0 Å². The van der Waals surface area contributed by atoms with Crippen molar-refractivity contribution >= 4 is 22.4 Å². The Bertz CT molecular complexity index is 1190. The molecule has 1 heterocycles. The monoisotopic (exact) mass is 442 g/mol. The van der Waals surface area contributed by atoms with Crippen LogP contribution in [0.2, 0.25) is 0 Å². The second kappa shape index (κ2) is 9.51. The molecular weight excluding hydrogens is 416 g/mol. The van der Waals surface area contributed by atoms with Crippen molar-refractivity contribution in [2.75, 3.05) is 40.9 Å². The maximum absolute atomic E-state index is 13.3. The minimum absolute atomic E-state index is 0.229. The number of fused-ring (bicyclic) bond motifs is 1. The predicted molar refractivity (Wildman–Crippen MR) is 121 cm³/mol. The minimum Gasteiger partial charge on any atom is -0.493 e. The second-order valence-electron chi connectivity index (χ2n) is 6.75. The van der Waals surface area contributed by atoms with Crippen LogP contribution in [0.15, 0.2) is 35.3 Å². The van der Waals surface area contributed by atoms with E-state index in [2.05, 4.69) is 5.32 Å². The van der Waals surface area contributed by atoms with E-state index in [9.17, 15) is 9.59 Å². The van der Waals surface area contributed by atoms with Gasteiger partial charge >= 0.3 is 0 Å². The lowest BCUT2D eigenvalue weighted by atomic mass is 10.1. The summed E-state index contributed by atoms with van der Waals surface area (Å²) in [7, 11) is 7.47. The average molecular weight is 442 g/mol. The summed E-state index contributed by atoms with van der Waals surface area (Å²) in [4.78, 5) is 26.2. The number of nitrogens with zero attached hydrogens (tertiary/aromatic N) is 1. The molecule has 0 radical (unpaired) electrons. The lowest BCUT2D eigenvalue weighted by Gasteiger charge is -2.16. The van der Waals surface area contributed by atoms with Crippen LogP contribution in [0, 0.1) is 0 Å². The Labute approximate surface area is 185 Å². The van der Waals surface area contributed by atoms with Crippen LogP contribution in [0.4, 0.5) is 5.69 Å². The van der Waals surface area contributed by atoms with Crippen molar-refractivity contribution in [2.45, 2.75) is 13.5 Å². The van der Waals surface area contributed by atoms with Gasteiger partial charge < -0.3 is 33.6 Å². The summed E-state index contributed by atoms with van der Waals surface area (Å²) in [6, 6.07) is 6.46. The van der Waals surface area contributed by atoms with Crippen molar-refractivity contribution in [2.24, 2.45) is 0 Å². The highest BCUT2D eigenvalue weighted by Gasteiger charge is 2.20. The first-order chi connectivity index (χ1) is 15.4. The molecule has 3 aromatic rings. The zero-order valence-electron chi connectivity index (χ0n) is 18.9. The third kappa shape index (κ3) is 4.01.